The maximum atomic E-state index is 13.7. The van der Waals surface area contributed by atoms with Crippen LogP contribution in [-0.4, -0.2) is 27.2 Å². The fourth-order valence-corrected chi connectivity index (χ4v) is 5.93. The number of halogens is 3. The van der Waals surface area contributed by atoms with Crippen molar-refractivity contribution in [2.75, 3.05) is 6.61 Å². The smallest absolute Gasteiger partial charge is 0.457 e. The third kappa shape index (κ3) is 6.27. The average molecular weight is 597 g/mol. The van der Waals surface area contributed by atoms with Crippen LogP contribution in [0.3, 0.4) is 0 Å². The van der Waals surface area contributed by atoms with Crippen LogP contribution < -0.4 is 20.7 Å². The Bertz CT molecular complexity index is 1810. The topological polar surface area (TPSA) is 82.7 Å². The highest BCUT2D eigenvalue weighted by Gasteiger charge is 2.31. The van der Waals surface area contributed by atoms with Crippen molar-refractivity contribution in [1.82, 2.24) is 9.13 Å². The fourth-order valence-electron chi connectivity index (χ4n) is 4.63. The van der Waals surface area contributed by atoms with Gasteiger partial charge in [0.2, 0.25) is 0 Å². The molecule has 5 rings (SSSR count). The van der Waals surface area contributed by atoms with Crippen molar-refractivity contribution in [3.63, 3.8) is 0 Å². The molecule has 11 heteroatoms. The van der Waals surface area contributed by atoms with Gasteiger partial charge in [-0.25, -0.2) is 4.79 Å². The van der Waals surface area contributed by atoms with E-state index in [0.717, 1.165) is 21.6 Å². The molecule has 1 N–H and O–H groups in total. The van der Waals surface area contributed by atoms with Crippen molar-refractivity contribution in [2.24, 2.45) is 5.92 Å². The van der Waals surface area contributed by atoms with Crippen molar-refractivity contribution >= 4 is 21.6 Å². The number of aromatic nitrogens is 2. The SMILES string of the molecule is Cc1c(-c2ccc(Oc3ccc(OC(F)(F)F)cc3)cc2)sc2c1c(=O)n(Cc1ccccc1)c(=O)n2CC(C)CO. The zero-order chi connectivity index (χ0) is 30.0. The molecule has 0 aliphatic carbocycles. The first kappa shape index (κ1) is 29.2. The number of aryl methyl sites for hydroxylation is 1. The summed E-state index contributed by atoms with van der Waals surface area (Å²) in [4.78, 5) is 28.7. The van der Waals surface area contributed by atoms with E-state index in [1.54, 1.807) is 16.7 Å². The zero-order valence-corrected chi connectivity index (χ0v) is 23.5. The molecule has 3 aromatic carbocycles. The van der Waals surface area contributed by atoms with E-state index in [0.29, 0.717) is 21.7 Å². The highest BCUT2D eigenvalue weighted by molar-refractivity contribution is 7.22. The van der Waals surface area contributed by atoms with Gasteiger partial charge in [-0.1, -0.05) is 37.3 Å². The predicted octanol–water partition coefficient (Wildman–Crippen LogP) is 6.57. The molecule has 0 aliphatic heterocycles. The lowest BCUT2D eigenvalue weighted by Crippen LogP contribution is -2.41. The summed E-state index contributed by atoms with van der Waals surface area (Å²) in [6, 6.07) is 21.4. The third-order valence-electron chi connectivity index (χ3n) is 6.69. The van der Waals surface area contributed by atoms with E-state index in [2.05, 4.69) is 4.74 Å². The van der Waals surface area contributed by atoms with E-state index in [4.69, 9.17) is 4.74 Å². The Kier molecular flexibility index (Phi) is 8.24. The third-order valence-corrected chi connectivity index (χ3v) is 8.06. The van der Waals surface area contributed by atoms with Gasteiger partial charge >= 0.3 is 12.1 Å². The Balaban J connectivity index is 1.49. The summed E-state index contributed by atoms with van der Waals surface area (Å²) in [6.07, 6.45) is -4.77. The van der Waals surface area contributed by atoms with Gasteiger partial charge in [0, 0.05) is 18.0 Å². The predicted molar refractivity (Wildman–Crippen MR) is 156 cm³/mol. The van der Waals surface area contributed by atoms with E-state index >= 15 is 0 Å². The van der Waals surface area contributed by atoms with Gasteiger partial charge < -0.3 is 14.6 Å². The van der Waals surface area contributed by atoms with E-state index in [1.807, 2.05) is 56.3 Å². The summed E-state index contributed by atoms with van der Waals surface area (Å²) in [6.45, 7) is 3.95. The van der Waals surface area contributed by atoms with Crippen molar-refractivity contribution in [3.8, 4) is 27.7 Å². The highest BCUT2D eigenvalue weighted by atomic mass is 32.1. The molecule has 0 aliphatic rings. The molecule has 218 valence electrons. The number of ether oxygens (including phenoxy) is 2. The van der Waals surface area contributed by atoms with Crippen LogP contribution >= 0.6 is 11.3 Å². The number of benzene rings is 3. The van der Waals surface area contributed by atoms with Crippen molar-refractivity contribution in [3.05, 3.63) is 111 Å². The Labute approximate surface area is 242 Å². The van der Waals surface area contributed by atoms with Gasteiger partial charge in [-0.15, -0.1) is 24.5 Å². The molecule has 1 unspecified atom stereocenters. The first-order valence-corrected chi connectivity index (χ1v) is 13.9. The molecule has 42 heavy (non-hydrogen) atoms. The van der Waals surface area contributed by atoms with E-state index in [1.165, 1.54) is 40.2 Å². The molecular weight excluding hydrogens is 569 g/mol. The second-order valence-electron chi connectivity index (χ2n) is 9.94. The molecule has 5 aromatic rings. The molecule has 0 radical (unpaired) electrons. The van der Waals surface area contributed by atoms with Crippen LogP contribution in [0.4, 0.5) is 13.2 Å². The molecule has 0 bridgehead atoms. The fraction of sp³-hybridized carbons (Fsp3) is 0.226. The maximum absolute atomic E-state index is 13.7. The largest absolute Gasteiger partial charge is 0.573 e. The maximum Gasteiger partial charge on any atom is 0.573 e. The van der Waals surface area contributed by atoms with Gasteiger partial charge in [-0.2, -0.15) is 0 Å². The first-order valence-electron chi connectivity index (χ1n) is 13.1. The minimum Gasteiger partial charge on any atom is -0.457 e. The van der Waals surface area contributed by atoms with Crippen LogP contribution in [0.2, 0.25) is 0 Å². The monoisotopic (exact) mass is 596 g/mol. The van der Waals surface area contributed by atoms with Gasteiger partial charge in [-0.3, -0.25) is 13.9 Å². The molecule has 0 fully saturated rings. The van der Waals surface area contributed by atoms with E-state index in [-0.39, 0.29) is 36.9 Å². The van der Waals surface area contributed by atoms with Gasteiger partial charge in [0.25, 0.3) is 5.56 Å². The molecule has 0 saturated carbocycles. The molecule has 0 saturated heterocycles. The number of fused-ring (bicyclic) bond motifs is 1. The Hall–Kier alpha value is -4.35. The van der Waals surface area contributed by atoms with Crippen LogP contribution in [0, 0.1) is 12.8 Å². The minimum atomic E-state index is -4.77. The number of hydrogen-bond donors (Lipinski definition) is 1. The lowest BCUT2D eigenvalue weighted by molar-refractivity contribution is -0.274. The van der Waals surface area contributed by atoms with Gasteiger partial charge in [0.05, 0.1) is 11.9 Å². The van der Waals surface area contributed by atoms with E-state index < -0.39 is 12.1 Å². The second-order valence-corrected chi connectivity index (χ2v) is 10.9. The molecule has 0 amide bonds. The second kappa shape index (κ2) is 11.9. The van der Waals surface area contributed by atoms with Gasteiger partial charge in [0.1, 0.15) is 22.1 Å². The number of alkyl halides is 3. The van der Waals surface area contributed by atoms with Crippen LogP contribution in [0.5, 0.6) is 17.2 Å². The Morgan fingerprint density at radius 2 is 1.48 bits per heavy atom. The van der Waals surface area contributed by atoms with E-state index in [9.17, 15) is 27.9 Å². The number of nitrogens with zero attached hydrogens (tertiary/aromatic N) is 2. The summed E-state index contributed by atoms with van der Waals surface area (Å²) < 4.78 is 49.7. The summed E-state index contributed by atoms with van der Waals surface area (Å²) in [5.74, 6) is 0.238. The molecule has 7 nitrogen and oxygen atoms in total. The number of thiophene rings is 1. The first-order chi connectivity index (χ1) is 20.0. The van der Waals surface area contributed by atoms with Gasteiger partial charge in [-0.05, 0) is 78.1 Å². The molecular formula is C31H27F3N2O5S. The normalized spacial score (nSPS) is 12.4. The number of aliphatic hydroxyl groups is 1. The summed E-state index contributed by atoms with van der Waals surface area (Å²) >= 11 is 1.34. The number of hydrogen-bond acceptors (Lipinski definition) is 6. The quantitative estimate of drug-likeness (QED) is 0.208. The Morgan fingerprint density at radius 1 is 0.881 bits per heavy atom. The molecule has 1 atom stereocenters. The summed E-state index contributed by atoms with van der Waals surface area (Å²) in [5, 5.41) is 10.2. The van der Waals surface area contributed by atoms with Crippen LogP contribution in [0.25, 0.3) is 20.7 Å². The number of aliphatic hydroxyl groups excluding tert-OH is 1. The van der Waals surface area contributed by atoms with Gasteiger partial charge in [0.15, 0.2) is 0 Å². The lowest BCUT2D eigenvalue weighted by atomic mass is 10.1. The number of rotatable bonds is 9. The van der Waals surface area contributed by atoms with Crippen molar-refractivity contribution < 1.29 is 27.8 Å². The zero-order valence-electron chi connectivity index (χ0n) is 22.7. The average Bonchev–Trinajstić information content (AvgIpc) is 3.31. The lowest BCUT2D eigenvalue weighted by Gasteiger charge is -2.15. The standard InChI is InChI=1S/C31H27F3N2O5S/c1-19(18-37)16-36-29-26(28(38)35(30(36)39)17-21-6-4-3-5-7-21)20(2)27(42-29)22-8-10-23(11-9-22)40-24-12-14-25(15-13-24)41-31(32,33)34/h3-15,19,37H,16-18H2,1-2H3. The minimum absolute atomic E-state index is 0.109. The van der Waals surface area contributed by atoms with Crippen molar-refractivity contribution in [1.29, 1.82) is 0 Å². The summed E-state index contributed by atoms with van der Waals surface area (Å²) in [7, 11) is 0. The van der Waals surface area contributed by atoms with Crippen LogP contribution in [0.15, 0.2) is 88.5 Å². The molecule has 2 aromatic heterocycles. The summed E-state index contributed by atoms with van der Waals surface area (Å²) in [5.41, 5.74) is 1.56. The van der Waals surface area contributed by atoms with Crippen molar-refractivity contribution in [2.45, 2.75) is 33.3 Å². The van der Waals surface area contributed by atoms with Crippen LogP contribution in [-0.2, 0) is 13.1 Å². The molecule has 0 spiro atoms. The van der Waals surface area contributed by atoms with Crippen LogP contribution in [0.1, 0.15) is 18.1 Å². The molecule has 2 heterocycles. The Morgan fingerprint density at radius 3 is 2.07 bits per heavy atom. The highest BCUT2D eigenvalue weighted by Crippen LogP contribution is 2.37.